The SMILES string of the molecule is CC=C(C)C(=O)NN=Cc1cccc(OC)c1O. The molecule has 0 bridgehead atoms. The fraction of sp³-hybridized carbons (Fsp3) is 0.231. The number of amides is 1. The minimum atomic E-state index is -0.281. The largest absolute Gasteiger partial charge is 0.504 e. The van der Waals surface area contributed by atoms with Crippen LogP contribution in [0.3, 0.4) is 0 Å². The molecule has 0 saturated carbocycles. The highest BCUT2D eigenvalue weighted by atomic mass is 16.5. The molecule has 1 aromatic rings. The first kappa shape index (κ1) is 13.8. The minimum absolute atomic E-state index is 0.0132. The normalized spacial score (nSPS) is 11.6. The molecule has 0 aliphatic carbocycles. The summed E-state index contributed by atoms with van der Waals surface area (Å²) in [5.74, 6) is 0.0619. The zero-order valence-corrected chi connectivity index (χ0v) is 10.6. The summed E-state index contributed by atoms with van der Waals surface area (Å²) in [7, 11) is 1.47. The molecule has 0 aliphatic heterocycles. The van der Waals surface area contributed by atoms with Gasteiger partial charge in [0.1, 0.15) is 0 Å². The summed E-state index contributed by atoms with van der Waals surface area (Å²) in [5, 5.41) is 13.5. The lowest BCUT2D eigenvalue weighted by Crippen LogP contribution is -2.18. The van der Waals surface area contributed by atoms with Crippen molar-refractivity contribution in [3.05, 3.63) is 35.4 Å². The summed E-state index contributed by atoms with van der Waals surface area (Å²) < 4.78 is 4.96. The van der Waals surface area contributed by atoms with Crippen molar-refractivity contribution in [3.63, 3.8) is 0 Å². The molecular formula is C13H16N2O3. The number of aromatic hydroxyl groups is 1. The fourth-order valence-corrected chi connectivity index (χ4v) is 1.19. The molecule has 0 aliphatic rings. The van der Waals surface area contributed by atoms with Crippen LogP contribution < -0.4 is 10.2 Å². The Bertz CT molecular complexity index is 493. The van der Waals surface area contributed by atoms with Crippen molar-refractivity contribution in [2.24, 2.45) is 5.10 Å². The molecular weight excluding hydrogens is 232 g/mol. The molecule has 0 atom stereocenters. The number of carbonyl (C=O) groups excluding carboxylic acids is 1. The van der Waals surface area contributed by atoms with Gasteiger partial charge in [0.15, 0.2) is 11.5 Å². The molecule has 0 aromatic heterocycles. The molecule has 0 unspecified atom stereocenters. The number of phenolic OH excluding ortho intramolecular Hbond substituents is 1. The van der Waals surface area contributed by atoms with Crippen LogP contribution in [-0.4, -0.2) is 24.3 Å². The van der Waals surface area contributed by atoms with E-state index in [1.165, 1.54) is 13.3 Å². The van der Waals surface area contributed by atoms with Crippen LogP contribution in [-0.2, 0) is 4.79 Å². The quantitative estimate of drug-likeness (QED) is 0.485. The van der Waals surface area contributed by atoms with E-state index in [1.807, 2.05) is 0 Å². The van der Waals surface area contributed by atoms with E-state index < -0.39 is 0 Å². The van der Waals surface area contributed by atoms with Crippen LogP contribution in [0.1, 0.15) is 19.4 Å². The molecule has 18 heavy (non-hydrogen) atoms. The smallest absolute Gasteiger partial charge is 0.266 e. The molecule has 5 nitrogen and oxygen atoms in total. The van der Waals surface area contributed by atoms with Gasteiger partial charge in [-0.25, -0.2) is 5.43 Å². The van der Waals surface area contributed by atoms with Gasteiger partial charge in [-0.1, -0.05) is 12.1 Å². The summed E-state index contributed by atoms with van der Waals surface area (Å²) in [4.78, 5) is 11.4. The van der Waals surface area contributed by atoms with Gasteiger partial charge < -0.3 is 9.84 Å². The molecule has 0 spiro atoms. The van der Waals surface area contributed by atoms with Gasteiger partial charge in [0.2, 0.25) is 0 Å². The highest BCUT2D eigenvalue weighted by Gasteiger charge is 2.05. The summed E-state index contributed by atoms with van der Waals surface area (Å²) in [6.45, 7) is 3.46. The van der Waals surface area contributed by atoms with E-state index >= 15 is 0 Å². The summed E-state index contributed by atoms with van der Waals surface area (Å²) >= 11 is 0. The molecule has 1 rings (SSSR count). The number of nitrogens with one attached hydrogen (secondary N) is 1. The highest BCUT2D eigenvalue weighted by Crippen LogP contribution is 2.27. The Labute approximate surface area is 106 Å². The first-order chi connectivity index (χ1) is 8.60. The number of para-hydroxylation sites is 1. The van der Waals surface area contributed by atoms with E-state index in [0.29, 0.717) is 16.9 Å². The maximum absolute atomic E-state index is 11.4. The fourth-order valence-electron chi connectivity index (χ4n) is 1.19. The molecule has 96 valence electrons. The van der Waals surface area contributed by atoms with Gasteiger partial charge in [-0.15, -0.1) is 0 Å². The van der Waals surface area contributed by atoms with Crippen LogP contribution in [0.15, 0.2) is 34.9 Å². The van der Waals surface area contributed by atoms with Crippen LogP contribution in [0.5, 0.6) is 11.5 Å². The third-order valence-corrected chi connectivity index (χ3v) is 2.41. The lowest BCUT2D eigenvalue weighted by Gasteiger charge is -2.04. The zero-order valence-electron chi connectivity index (χ0n) is 10.6. The van der Waals surface area contributed by atoms with Gasteiger partial charge in [0.05, 0.1) is 13.3 Å². The molecule has 0 fully saturated rings. The standard InChI is InChI=1S/C13H16N2O3/c1-4-9(2)13(17)15-14-8-10-6-5-7-11(18-3)12(10)16/h4-8,16H,1-3H3,(H,15,17). The number of carbonyl (C=O) groups is 1. The van der Waals surface area contributed by atoms with Gasteiger partial charge in [0, 0.05) is 11.1 Å². The van der Waals surface area contributed by atoms with Gasteiger partial charge >= 0.3 is 0 Å². The molecule has 0 radical (unpaired) electrons. The van der Waals surface area contributed by atoms with Crippen molar-refractivity contribution in [2.45, 2.75) is 13.8 Å². The van der Waals surface area contributed by atoms with E-state index in [0.717, 1.165) is 0 Å². The van der Waals surface area contributed by atoms with Crippen LogP contribution >= 0.6 is 0 Å². The van der Waals surface area contributed by atoms with E-state index in [-0.39, 0.29) is 11.7 Å². The van der Waals surface area contributed by atoms with Gasteiger partial charge in [-0.05, 0) is 26.0 Å². The topological polar surface area (TPSA) is 70.9 Å². The first-order valence-corrected chi connectivity index (χ1v) is 5.42. The van der Waals surface area contributed by atoms with Crippen LogP contribution in [0.25, 0.3) is 0 Å². The Morgan fingerprint density at radius 3 is 2.83 bits per heavy atom. The molecule has 1 amide bonds. The number of rotatable bonds is 4. The second-order valence-corrected chi connectivity index (χ2v) is 3.57. The van der Waals surface area contributed by atoms with Crippen molar-refractivity contribution in [2.75, 3.05) is 7.11 Å². The lowest BCUT2D eigenvalue weighted by atomic mass is 10.2. The van der Waals surface area contributed by atoms with Crippen LogP contribution in [0.2, 0.25) is 0 Å². The number of allylic oxidation sites excluding steroid dienone is 1. The second-order valence-electron chi connectivity index (χ2n) is 3.57. The number of hydrogen-bond donors (Lipinski definition) is 2. The Morgan fingerprint density at radius 1 is 1.50 bits per heavy atom. The summed E-state index contributed by atoms with van der Waals surface area (Å²) in [6.07, 6.45) is 3.05. The molecule has 0 saturated heterocycles. The summed E-state index contributed by atoms with van der Waals surface area (Å²) in [5.41, 5.74) is 3.39. The maximum Gasteiger partial charge on any atom is 0.266 e. The average Bonchev–Trinajstić information content (AvgIpc) is 2.39. The van der Waals surface area contributed by atoms with Crippen LogP contribution in [0.4, 0.5) is 0 Å². The number of phenols is 1. The van der Waals surface area contributed by atoms with Crippen molar-refractivity contribution in [1.29, 1.82) is 0 Å². The third kappa shape index (κ3) is 3.35. The molecule has 0 heterocycles. The van der Waals surface area contributed by atoms with E-state index in [2.05, 4.69) is 10.5 Å². The van der Waals surface area contributed by atoms with Crippen molar-refractivity contribution in [1.82, 2.24) is 5.43 Å². The Kier molecular flexibility index (Phi) is 4.92. The number of hydrogen-bond acceptors (Lipinski definition) is 4. The predicted molar refractivity (Wildman–Crippen MR) is 69.8 cm³/mol. The van der Waals surface area contributed by atoms with E-state index in [9.17, 15) is 9.90 Å². The highest BCUT2D eigenvalue weighted by molar-refractivity contribution is 5.93. The number of benzene rings is 1. The van der Waals surface area contributed by atoms with Crippen molar-refractivity contribution >= 4 is 12.1 Å². The number of nitrogens with zero attached hydrogens (tertiary/aromatic N) is 1. The number of methoxy groups -OCH3 is 1. The lowest BCUT2D eigenvalue weighted by molar-refractivity contribution is -0.117. The van der Waals surface area contributed by atoms with E-state index in [4.69, 9.17) is 4.74 Å². The van der Waals surface area contributed by atoms with E-state index in [1.54, 1.807) is 38.1 Å². The Hall–Kier alpha value is -2.30. The average molecular weight is 248 g/mol. The van der Waals surface area contributed by atoms with Gasteiger partial charge in [-0.3, -0.25) is 4.79 Å². The van der Waals surface area contributed by atoms with Gasteiger partial charge in [0.25, 0.3) is 5.91 Å². The Balaban J connectivity index is 2.77. The predicted octanol–water partition coefficient (Wildman–Crippen LogP) is 1.82. The third-order valence-electron chi connectivity index (χ3n) is 2.41. The second kappa shape index (κ2) is 6.44. The van der Waals surface area contributed by atoms with Crippen molar-refractivity contribution in [3.8, 4) is 11.5 Å². The molecule has 5 heteroatoms. The zero-order chi connectivity index (χ0) is 13.5. The first-order valence-electron chi connectivity index (χ1n) is 5.42. The monoisotopic (exact) mass is 248 g/mol. The molecule has 2 N–H and O–H groups in total. The van der Waals surface area contributed by atoms with Gasteiger partial charge in [-0.2, -0.15) is 5.10 Å². The summed E-state index contributed by atoms with van der Waals surface area (Å²) in [6, 6.07) is 5.02. The van der Waals surface area contributed by atoms with Crippen LogP contribution in [0, 0.1) is 0 Å². The Morgan fingerprint density at radius 2 is 2.22 bits per heavy atom. The number of hydrazone groups is 1. The minimum Gasteiger partial charge on any atom is -0.504 e. The molecule has 1 aromatic carbocycles. The van der Waals surface area contributed by atoms with Crippen molar-refractivity contribution < 1.29 is 14.6 Å². The maximum atomic E-state index is 11.4. The number of ether oxygens (including phenoxy) is 1.